The second-order valence-electron chi connectivity index (χ2n) is 6.32. The van der Waals surface area contributed by atoms with Crippen LogP contribution < -0.4 is 10.5 Å². The van der Waals surface area contributed by atoms with Gasteiger partial charge in [-0.3, -0.25) is 0 Å². The van der Waals surface area contributed by atoms with Gasteiger partial charge in [-0.15, -0.1) is 0 Å². The van der Waals surface area contributed by atoms with Crippen molar-refractivity contribution in [1.82, 2.24) is 5.16 Å². The van der Waals surface area contributed by atoms with Crippen molar-refractivity contribution >= 4 is 5.82 Å². The number of nitrogens with two attached hydrogens (primary N) is 1. The topological polar surface area (TPSA) is 61.3 Å². The van der Waals surface area contributed by atoms with Gasteiger partial charge in [-0.05, 0) is 48.8 Å². The number of nitrogens with zero attached hydrogens (tertiary/aromatic N) is 1. The van der Waals surface area contributed by atoms with Crippen molar-refractivity contribution < 1.29 is 9.26 Å². The Kier molecular flexibility index (Phi) is 2.91. The largest absolute Gasteiger partial charge is 0.497 e. The van der Waals surface area contributed by atoms with E-state index in [-0.39, 0.29) is 0 Å². The van der Waals surface area contributed by atoms with Crippen LogP contribution in [0.2, 0.25) is 0 Å². The molecule has 1 heterocycles. The SMILES string of the molecule is COc1cccc(-c2c(N)noc2C2CC3CCC2C3)c1. The molecule has 4 nitrogen and oxygen atoms in total. The minimum Gasteiger partial charge on any atom is -0.497 e. The lowest BCUT2D eigenvalue weighted by molar-refractivity contribution is 0.312. The third-order valence-corrected chi connectivity index (χ3v) is 5.18. The first kappa shape index (κ1) is 12.7. The number of ether oxygens (including phenoxy) is 1. The fraction of sp³-hybridized carbons (Fsp3) is 0.471. The van der Waals surface area contributed by atoms with Gasteiger partial charge in [-0.1, -0.05) is 23.7 Å². The van der Waals surface area contributed by atoms with Gasteiger partial charge in [0.1, 0.15) is 11.5 Å². The van der Waals surface area contributed by atoms with Crippen LogP contribution >= 0.6 is 0 Å². The number of nitrogen functional groups attached to an aromatic ring is 1. The highest BCUT2D eigenvalue weighted by atomic mass is 16.5. The monoisotopic (exact) mass is 284 g/mol. The second kappa shape index (κ2) is 4.79. The average molecular weight is 284 g/mol. The van der Waals surface area contributed by atoms with Crippen LogP contribution in [-0.4, -0.2) is 12.3 Å². The Morgan fingerprint density at radius 2 is 2.19 bits per heavy atom. The van der Waals surface area contributed by atoms with Gasteiger partial charge in [0.2, 0.25) is 0 Å². The normalized spacial score (nSPS) is 27.2. The molecule has 0 saturated heterocycles. The molecule has 1 aromatic carbocycles. The molecule has 3 unspecified atom stereocenters. The second-order valence-corrected chi connectivity index (χ2v) is 6.32. The van der Waals surface area contributed by atoms with Crippen LogP contribution in [0.15, 0.2) is 28.8 Å². The minimum atomic E-state index is 0.481. The van der Waals surface area contributed by atoms with E-state index >= 15 is 0 Å². The average Bonchev–Trinajstić information content (AvgIpc) is 3.22. The van der Waals surface area contributed by atoms with Gasteiger partial charge in [0.25, 0.3) is 0 Å². The van der Waals surface area contributed by atoms with E-state index in [1.165, 1.54) is 25.7 Å². The Morgan fingerprint density at radius 1 is 1.29 bits per heavy atom. The van der Waals surface area contributed by atoms with Gasteiger partial charge in [0.05, 0.1) is 12.7 Å². The van der Waals surface area contributed by atoms with E-state index in [0.29, 0.717) is 11.7 Å². The molecule has 2 fully saturated rings. The van der Waals surface area contributed by atoms with Gasteiger partial charge < -0.3 is 15.0 Å². The van der Waals surface area contributed by atoms with Crippen LogP contribution in [0.5, 0.6) is 5.75 Å². The number of anilines is 1. The standard InChI is InChI=1S/C17H20N2O2/c1-20-13-4-2-3-12(9-13)15-16(21-19-17(15)18)14-8-10-5-6-11(14)7-10/h2-4,9-11,14H,5-8H2,1H3,(H2,18,19). The third kappa shape index (κ3) is 2.01. The molecule has 110 valence electrons. The van der Waals surface area contributed by atoms with E-state index in [0.717, 1.165) is 34.5 Å². The molecule has 2 aliphatic rings. The quantitative estimate of drug-likeness (QED) is 0.930. The zero-order chi connectivity index (χ0) is 14.4. The molecule has 0 spiro atoms. The Hall–Kier alpha value is -1.97. The maximum Gasteiger partial charge on any atom is 0.175 e. The summed E-state index contributed by atoms with van der Waals surface area (Å²) in [7, 11) is 1.67. The van der Waals surface area contributed by atoms with Gasteiger partial charge in [-0.2, -0.15) is 0 Å². The minimum absolute atomic E-state index is 0.481. The summed E-state index contributed by atoms with van der Waals surface area (Å²) in [6.45, 7) is 0. The van der Waals surface area contributed by atoms with E-state index in [1.54, 1.807) is 7.11 Å². The van der Waals surface area contributed by atoms with Gasteiger partial charge in [0.15, 0.2) is 5.82 Å². The first-order valence-corrected chi connectivity index (χ1v) is 7.65. The fourth-order valence-electron chi connectivity index (χ4n) is 4.20. The van der Waals surface area contributed by atoms with Crippen molar-refractivity contribution in [2.45, 2.75) is 31.6 Å². The molecule has 3 atom stereocenters. The highest BCUT2D eigenvalue weighted by molar-refractivity contribution is 5.77. The van der Waals surface area contributed by atoms with Crippen LogP contribution in [0.1, 0.15) is 37.4 Å². The van der Waals surface area contributed by atoms with Gasteiger partial charge >= 0.3 is 0 Å². The summed E-state index contributed by atoms with van der Waals surface area (Å²) in [4.78, 5) is 0. The Morgan fingerprint density at radius 3 is 2.90 bits per heavy atom. The highest BCUT2D eigenvalue weighted by Gasteiger charge is 2.43. The molecule has 1 aromatic heterocycles. The van der Waals surface area contributed by atoms with E-state index in [1.807, 2.05) is 24.3 Å². The molecule has 4 heteroatoms. The number of aromatic nitrogens is 1. The van der Waals surface area contributed by atoms with E-state index in [9.17, 15) is 0 Å². The molecule has 4 rings (SSSR count). The molecule has 2 bridgehead atoms. The number of methoxy groups -OCH3 is 1. The molecule has 2 aliphatic carbocycles. The zero-order valence-corrected chi connectivity index (χ0v) is 12.2. The van der Waals surface area contributed by atoms with Crippen molar-refractivity contribution in [2.24, 2.45) is 11.8 Å². The van der Waals surface area contributed by atoms with Crippen molar-refractivity contribution in [2.75, 3.05) is 12.8 Å². The van der Waals surface area contributed by atoms with Crippen LogP contribution in [-0.2, 0) is 0 Å². The molecule has 2 aromatic rings. The summed E-state index contributed by atoms with van der Waals surface area (Å²) in [6, 6.07) is 7.96. The van der Waals surface area contributed by atoms with Gasteiger partial charge in [0, 0.05) is 5.92 Å². The first-order chi connectivity index (χ1) is 10.3. The van der Waals surface area contributed by atoms with E-state index in [2.05, 4.69) is 5.16 Å². The van der Waals surface area contributed by atoms with E-state index < -0.39 is 0 Å². The fourth-order valence-corrected chi connectivity index (χ4v) is 4.20. The summed E-state index contributed by atoms with van der Waals surface area (Å²) in [5, 5.41) is 4.04. The zero-order valence-electron chi connectivity index (χ0n) is 12.2. The summed E-state index contributed by atoms with van der Waals surface area (Å²) in [6.07, 6.45) is 5.24. The predicted octanol–water partition coefficient (Wildman–Crippen LogP) is 3.84. The molecular formula is C17H20N2O2. The first-order valence-electron chi connectivity index (χ1n) is 7.65. The number of benzene rings is 1. The Bertz CT molecular complexity index is 665. The highest BCUT2D eigenvalue weighted by Crippen LogP contribution is 2.55. The predicted molar refractivity (Wildman–Crippen MR) is 81.1 cm³/mol. The maximum absolute atomic E-state index is 6.08. The molecule has 2 N–H and O–H groups in total. The van der Waals surface area contributed by atoms with E-state index in [4.69, 9.17) is 15.0 Å². The summed E-state index contributed by atoms with van der Waals surface area (Å²) < 4.78 is 11.0. The smallest absolute Gasteiger partial charge is 0.175 e. The molecule has 2 saturated carbocycles. The number of hydrogen-bond acceptors (Lipinski definition) is 4. The molecule has 21 heavy (non-hydrogen) atoms. The van der Waals surface area contributed by atoms with Crippen molar-refractivity contribution in [3.8, 4) is 16.9 Å². The van der Waals surface area contributed by atoms with Crippen molar-refractivity contribution in [3.63, 3.8) is 0 Å². The van der Waals surface area contributed by atoms with Crippen LogP contribution in [0.4, 0.5) is 5.82 Å². The van der Waals surface area contributed by atoms with Crippen molar-refractivity contribution in [3.05, 3.63) is 30.0 Å². The number of rotatable bonds is 3. The van der Waals surface area contributed by atoms with Crippen molar-refractivity contribution in [1.29, 1.82) is 0 Å². The Balaban J connectivity index is 1.76. The number of fused-ring (bicyclic) bond motifs is 2. The van der Waals surface area contributed by atoms with Gasteiger partial charge in [-0.25, -0.2) is 0 Å². The molecular weight excluding hydrogens is 264 g/mol. The van der Waals surface area contributed by atoms with Crippen LogP contribution in [0.3, 0.4) is 0 Å². The van der Waals surface area contributed by atoms with Crippen LogP contribution in [0, 0.1) is 11.8 Å². The molecule has 0 amide bonds. The lowest BCUT2D eigenvalue weighted by atomic mass is 9.84. The summed E-state index contributed by atoms with van der Waals surface area (Å²) >= 11 is 0. The summed E-state index contributed by atoms with van der Waals surface area (Å²) in [5.41, 5.74) is 8.08. The number of hydrogen-bond donors (Lipinski definition) is 1. The molecule has 0 aliphatic heterocycles. The molecule has 0 radical (unpaired) electrons. The van der Waals surface area contributed by atoms with Crippen LogP contribution in [0.25, 0.3) is 11.1 Å². The lowest BCUT2D eigenvalue weighted by Gasteiger charge is -2.20. The third-order valence-electron chi connectivity index (χ3n) is 5.18. The lowest BCUT2D eigenvalue weighted by Crippen LogP contribution is -2.08. The summed E-state index contributed by atoms with van der Waals surface area (Å²) in [5.74, 6) is 4.38. The Labute approximate surface area is 124 Å². The maximum atomic E-state index is 6.08.